The number of carbonyl (C=O) groups is 1. The summed E-state index contributed by atoms with van der Waals surface area (Å²) < 4.78 is 5.59. The molecular formula is C26H52O2. The summed E-state index contributed by atoms with van der Waals surface area (Å²) in [6.07, 6.45) is 24.0. The van der Waals surface area contributed by atoms with Gasteiger partial charge in [-0.05, 0) is 51.4 Å². The fourth-order valence-corrected chi connectivity index (χ4v) is 4.49. The number of rotatable bonds is 21. The molecule has 0 saturated carbocycles. The molecule has 0 aliphatic heterocycles. The number of hydrogen-bond donors (Lipinski definition) is 0. The third kappa shape index (κ3) is 14.6. The smallest absolute Gasteiger partial charge is 0.145 e. The molecule has 168 valence electrons. The van der Waals surface area contributed by atoms with Crippen molar-refractivity contribution in [3.8, 4) is 0 Å². The zero-order valence-electron chi connectivity index (χ0n) is 20.1. The highest BCUT2D eigenvalue weighted by Gasteiger charge is 2.27. The van der Waals surface area contributed by atoms with Crippen LogP contribution in [-0.2, 0) is 9.53 Å². The second-order valence-corrected chi connectivity index (χ2v) is 9.67. The lowest BCUT2D eigenvalue weighted by Crippen LogP contribution is -2.25. The molecule has 0 unspecified atom stereocenters. The Morgan fingerprint density at radius 1 is 0.607 bits per heavy atom. The van der Waals surface area contributed by atoms with E-state index >= 15 is 0 Å². The lowest BCUT2D eigenvalue weighted by atomic mass is 9.71. The molecule has 0 saturated heterocycles. The first-order valence-electron chi connectivity index (χ1n) is 12.5. The highest BCUT2D eigenvalue weighted by Crippen LogP contribution is 2.41. The van der Waals surface area contributed by atoms with Crippen molar-refractivity contribution in [3.63, 3.8) is 0 Å². The molecule has 0 heterocycles. The van der Waals surface area contributed by atoms with E-state index in [0.29, 0.717) is 5.41 Å². The summed E-state index contributed by atoms with van der Waals surface area (Å²) in [5.41, 5.74) is 0.486. The first-order chi connectivity index (χ1) is 13.4. The van der Waals surface area contributed by atoms with Crippen LogP contribution < -0.4 is 0 Å². The molecule has 0 aliphatic carbocycles. The maximum atomic E-state index is 10.4. The van der Waals surface area contributed by atoms with Gasteiger partial charge in [-0.2, -0.15) is 0 Å². The fraction of sp³-hybridized carbons (Fsp3) is 0.962. The Morgan fingerprint density at radius 2 is 1.00 bits per heavy atom. The van der Waals surface area contributed by atoms with Crippen molar-refractivity contribution in [1.82, 2.24) is 0 Å². The molecule has 2 heteroatoms. The van der Waals surface area contributed by atoms with E-state index in [4.69, 9.17) is 4.74 Å². The Morgan fingerprint density at radius 3 is 1.43 bits per heavy atom. The van der Waals surface area contributed by atoms with E-state index in [2.05, 4.69) is 34.6 Å². The topological polar surface area (TPSA) is 26.3 Å². The van der Waals surface area contributed by atoms with Gasteiger partial charge in [0.1, 0.15) is 12.9 Å². The molecule has 0 aliphatic rings. The van der Waals surface area contributed by atoms with Crippen molar-refractivity contribution in [1.29, 1.82) is 0 Å². The van der Waals surface area contributed by atoms with Gasteiger partial charge < -0.3 is 9.53 Å². The number of carbonyl (C=O) groups excluding carboxylic acids is 1. The molecule has 0 radical (unpaired) electrons. The molecule has 0 amide bonds. The van der Waals surface area contributed by atoms with Crippen molar-refractivity contribution >= 4 is 6.29 Å². The van der Waals surface area contributed by atoms with Crippen LogP contribution in [0.15, 0.2) is 0 Å². The average molecular weight is 397 g/mol. The number of unbranched alkanes of at least 4 members (excludes halogenated alkanes) is 8. The predicted octanol–water partition coefficient (Wildman–Crippen LogP) is 8.66. The molecule has 0 atom stereocenters. The maximum Gasteiger partial charge on any atom is 0.145 e. The predicted molar refractivity (Wildman–Crippen MR) is 124 cm³/mol. The Hall–Kier alpha value is -0.370. The van der Waals surface area contributed by atoms with Crippen LogP contribution in [-0.4, -0.2) is 18.5 Å². The summed E-state index contributed by atoms with van der Waals surface area (Å²) in [5, 5.41) is 0. The van der Waals surface area contributed by atoms with Gasteiger partial charge in [0.05, 0.1) is 5.60 Å². The highest BCUT2D eigenvalue weighted by atomic mass is 16.5. The van der Waals surface area contributed by atoms with Gasteiger partial charge in [0.25, 0.3) is 0 Å². The Kier molecular flexibility index (Phi) is 17.3. The van der Waals surface area contributed by atoms with Crippen LogP contribution >= 0.6 is 0 Å². The van der Waals surface area contributed by atoms with E-state index in [1.54, 1.807) is 0 Å². The van der Waals surface area contributed by atoms with Gasteiger partial charge in [-0.15, -0.1) is 0 Å². The van der Waals surface area contributed by atoms with E-state index in [1.165, 1.54) is 103 Å². The van der Waals surface area contributed by atoms with Gasteiger partial charge in [0, 0.05) is 0 Å². The minimum atomic E-state index is -0.154. The SMILES string of the molecule is CCCCC(CCCC)(CCCC)CCCCCCCCC(C)(C)OCC=O. The standard InChI is InChI=1S/C26H52O2/c1-6-9-19-26(20-10-7-2,21-11-8-3)22-17-15-13-12-14-16-18-25(4,5)28-24-23-27/h23H,6-22,24H2,1-5H3. The van der Waals surface area contributed by atoms with Gasteiger partial charge in [-0.1, -0.05) is 97.8 Å². The van der Waals surface area contributed by atoms with Gasteiger partial charge in [0.2, 0.25) is 0 Å². The summed E-state index contributed by atoms with van der Waals surface area (Å²) in [6, 6.07) is 0. The summed E-state index contributed by atoms with van der Waals surface area (Å²) in [5.74, 6) is 0. The normalized spacial score (nSPS) is 12.5. The largest absolute Gasteiger partial charge is 0.368 e. The molecular weight excluding hydrogens is 344 g/mol. The second kappa shape index (κ2) is 17.5. The minimum absolute atomic E-state index is 0.154. The van der Waals surface area contributed by atoms with E-state index in [1.807, 2.05) is 0 Å². The van der Waals surface area contributed by atoms with E-state index < -0.39 is 0 Å². The van der Waals surface area contributed by atoms with E-state index in [-0.39, 0.29) is 12.2 Å². The Labute approximate surface area is 177 Å². The van der Waals surface area contributed by atoms with Gasteiger partial charge in [-0.25, -0.2) is 0 Å². The van der Waals surface area contributed by atoms with Gasteiger partial charge in [-0.3, -0.25) is 0 Å². The first kappa shape index (κ1) is 27.6. The molecule has 0 rings (SSSR count). The van der Waals surface area contributed by atoms with Crippen LogP contribution in [0.4, 0.5) is 0 Å². The van der Waals surface area contributed by atoms with Crippen LogP contribution in [0.5, 0.6) is 0 Å². The number of ether oxygens (including phenoxy) is 1. The molecule has 0 spiro atoms. The maximum absolute atomic E-state index is 10.4. The minimum Gasteiger partial charge on any atom is -0.368 e. The van der Waals surface area contributed by atoms with Gasteiger partial charge >= 0.3 is 0 Å². The molecule has 0 aromatic heterocycles. The zero-order chi connectivity index (χ0) is 21.1. The lowest BCUT2D eigenvalue weighted by molar-refractivity contribution is -0.117. The Bertz CT molecular complexity index is 327. The third-order valence-electron chi connectivity index (χ3n) is 6.46. The quantitative estimate of drug-likeness (QED) is 0.143. The van der Waals surface area contributed by atoms with Gasteiger partial charge in [0.15, 0.2) is 0 Å². The van der Waals surface area contributed by atoms with Crippen molar-refractivity contribution in [2.45, 2.75) is 149 Å². The molecule has 0 aromatic carbocycles. The van der Waals surface area contributed by atoms with Crippen LogP contribution in [0.1, 0.15) is 144 Å². The summed E-state index contributed by atoms with van der Waals surface area (Å²) in [6.45, 7) is 11.4. The summed E-state index contributed by atoms with van der Waals surface area (Å²) in [7, 11) is 0. The van der Waals surface area contributed by atoms with Crippen LogP contribution in [0.25, 0.3) is 0 Å². The lowest BCUT2D eigenvalue weighted by Gasteiger charge is -2.35. The van der Waals surface area contributed by atoms with E-state index in [0.717, 1.165) is 12.7 Å². The van der Waals surface area contributed by atoms with Crippen LogP contribution in [0, 0.1) is 5.41 Å². The third-order valence-corrected chi connectivity index (χ3v) is 6.46. The first-order valence-corrected chi connectivity index (χ1v) is 12.5. The monoisotopic (exact) mass is 396 g/mol. The zero-order valence-corrected chi connectivity index (χ0v) is 20.1. The Balaban J connectivity index is 4.12. The molecule has 2 nitrogen and oxygen atoms in total. The van der Waals surface area contributed by atoms with Crippen molar-refractivity contribution in [2.24, 2.45) is 5.41 Å². The molecule has 0 bridgehead atoms. The molecule has 0 fully saturated rings. The van der Waals surface area contributed by atoms with Crippen molar-refractivity contribution in [3.05, 3.63) is 0 Å². The summed E-state index contributed by atoms with van der Waals surface area (Å²) in [4.78, 5) is 10.4. The average Bonchev–Trinajstić information content (AvgIpc) is 2.69. The molecule has 0 aromatic rings. The molecule has 28 heavy (non-hydrogen) atoms. The number of hydrogen-bond acceptors (Lipinski definition) is 2. The second-order valence-electron chi connectivity index (χ2n) is 9.67. The van der Waals surface area contributed by atoms with E-state index in [9.17, 15) is 4.79 Å². The summed E-state index contributed by atoms with van der Waals surface area (Å²) >= 11 is 0. The highest BCUT2D eigenvalue weighted by molar-refractivity contribution is 5.50. The molecule has 0 N–H and O–H groups in total. The van der Waals surface area contributed by atoms with Crippen LogP contribution in [0.3, 0.4) is 0 Å². The number of aldehydes is 1. The fourth-order valence-electron chi connectivity index (χ4n) is 4.49. The van der Waals surface area contributed by atoms with Crippen molar-refractivity contribution < 1.29 is 9.53 Å². The van der Waals surface area contributed by atoms with Crippen molar-refractivity contribution in [2.75, 3.05) is 6.61 Å². The van der Waals surface area contributed by atoms with Crippen LogP contribution in [0.2, 0.25) is 0 Å².